The highest BCUT2D eigenvalue weighted by molar-refractivity contribution is 14.0. The van der Waals surface area contributed by atoms with Gasteiger partial charge in [0.1, 0.15) is 6.10 Å². The van der Waals surface area contributed by atoms with E-state index in [9.17, 15) is 4.79 Å². The second kappa shape index (κ2) is 13.0. The molecular weight excluding hydrogens is 495 g/mol. The van der Waals surface area contributed by atoms with E-state index in [-0.39, 0.29) is 36.0 Å². The Morgan fingerprint density at radius 1 is 1.10 bits per heavy atom. The molecule has 0 aliphatic carbocycles. The van der Waals surface area contributed by atoms with Crippen LogP contribution in [0.5, 0.6) is 0 Å². The third kappa shape index (κ3) is 7.49. The fourth-order valence-corrected chi connectivity index (χ4v) is 4.31. The first-order valence-electron chi connectivity index (χ1n) is 11.4. The topological polar surface area (TPSA) is 63.7 Å². The first kappa shape index (κ1) is 25.6. The largest absolute Gasteiger partial charge is 0.368 e. The van der Waals surface area contributed by atoms with Crippen LogP contribution < -0.4 is 5.32 Å². The van der Waals surface area contributed by atoms with Gasteiger partial charge in [0.05, 0.1) is 0 Å². The molecule has 3 aliphatic heterocycles. The molecule has 0 aromatic carbocycles. The van der Waals surface area contributed by atoms with Gasteiger partial charge in [0.25, 0.3) is 5.91 Å². The third-order valence-corrected chi connectivity index (χ3v) is 6.15. The molecule has 2 unspecified atom stereocenters. The Morgan fingerprint density at radius 2 is 1.77 bits per heavy atom. The number of rotatable bonds is 6. The standard InChI is InChI=1S/C21H40N6O2.HI/c1-4-22-21(23-16-18(2)17-25-9-7-24(3)8-10-25)27-13-11-26(12-14-27)20(28)19-6-5-15-29-19;/h18-19H,4-17H2,1-3H3,(H,22,23);1H. The maximum atomic E-state index is 12.6. The van der Waals surface area contributed by atoms with E-state index in [1.165, 1.54) is 0 Å². The van der Waals surface area contributed by atoms with Crippen LogP contribution in [0.1, 0.15) is 26.7 Å². The van der Waals surface area contributed by atoms with Gasteiger partial charge in [-0.2, -0.15) is 0 Å². The van der Waals surface area contributed by atoms with Crippen molar-refractivity contribution in [1.82, 2.24) is 24.9 Å². The van der Waals surface area contributed by atoms with Crippen LogP contribution in [0.3, 0.4) is 0 Å². The van der Waals surface area contributed by atoms with Gasteiger partial charge >= 0.3 is 0 Å². The highest BCUT2D eigenvalue weighted by Crippen LogP contribution is 2.16. The smallest absolute Gasteiger partial charge is 0.251 e. The molecule has 2 atom stereocenters. The maximum Gasteiger partial charge on any atom is 0.251 e. The summed E-state index contributed by atoms with van der Waals surface area (Å²) in [7, 11) is 2.20. The summed E-state index contributed by atoms with van der Waals surface area (Å²) in [5.41, 5.74) is 0. The Kier molecular flexibility index (Phi) is 11.1. The van der Waals surface area contributed by atoms with Crippen molar-refractivity contribution in [2.24, 2.45) is 10.9 Å². The van der Waals surface area contributed by atoms with Gasteiger partial charge in [-0.3, -0.25) is 9.79 Å². The zero-order chi connectivity index (χ0) is 20.6. The normalized spacial score (nSPS) is 25.2. The lowest BCUT2D eigenvalue weighted by molar-refractivity contribution is -0.142. The molecule has 3 heterocycles. The first-order chi connectivity index (χ1) is 14.1. The summed E-state index contributed by atoms with van der Waals surface area (Å²) in [5.74, 6) is 1.70. The molecular formula is C21H41IN6O2. The molecule has 8 nitrogen and oxygen atoms in total. The van der Waals surface area contributed by atoms with Crippen LogP contribution in [0.2, 0.25) is 0 Å². The number of halogens is 1. The van der Waals surface area contributed by atoms with Crippen molar-refractivity contribution in [2.45, 2.75) is 32.8 Å². The van der Waals surface area contributed by atoms with Gasteiger partial charge in [-0.1, -0.05) is 6.92 Å². The monoisotopic (exact) mass is 536 g/mol. The number of hydrogen-bond acceptors (Lipinski definition) is 5. The van der Waals surface area contributed by atoms with Gasteiger partial charge < -0.3 is 29.7 Å². The van der Waals surface area contributed by atoms with Crippen LogP contribution in [-0.2, 0) is 9.53 Å². The molecule has 3 aliphatic rings. The molecule has 1 amide bonds. The van der Waals surface area contributed by atoms with Gasteiger partial charge in [0.15, 0.2) is 5.96 Å². The third-order valence-electron chi connectivity index (χ3n) is 6.15. The lowest BCUT2D eigenvalue weighted by atomic mass is 10.1. The molecule has 0 bridgehead atoms. The molecule has 1 N–H and O–H groups in total. The fraction of sp³-hybridized carbons (Fsp3) is 0.905. The van der Waals surface area contributed by atoms with E-state index >= 15 is 0 Å². The van der Waals surface area contributed by atoms with E-state index < -0.39 is 0 Å². The zero-order valence-corrected chi connectivity index (χ0v) is 21.3. The van der Waals surface area contributed by atoms with E-state index in [1.807, 2.05) is 4.90 Å². The molecule has 3 saturated heterocycles. The second-order valence-corrected chi connectivity index (χ2v) is 8.72. The molecule has 174 valence electrons. The Balaban J connectivity index is 0.00000320. The summed E-state index contributed by atoms with van der Waals surface area (Å²) in [6.45, 7) is 15.7. The summed E-state index contributed by atoms with van der Waals surface area (Å²) < 4.78 is 5.57. The van der Waals surface area contributed by atoms with E-state index in [1.54, 1.807) is 0 Å². The van der Waals surface area contributed by atoms with Crippen molar-refractivity contribution >= 4 is 35.8 Å². The van der Waals surface area contributed by atoms with Crippen LogP contribution in [0.4, 0.5) is 0 Å². The first-order valence-corrected chi connectivity index (χ1v) is 11.4. The molecule has 3 rings (SSSR count). The summed E-state index contributed by atoms with van der Waals surface area (Å²) in [5, 5.41) is 3.44. The molecule has 0 aromatic heterocycles. The fourth-order valence-electron chi connectivity index (χ4n) is 4.31. The van der Waals surface area contributed by atoms with Crippen LogP contribution >= 0.6 is 24.0 Å². The van der Waals surface area contributed by atoms with Crippen molar-refractivity contribution in [3.63, 3.8) is 0 Å². The predicted molar refractivity (Wildman–Crippen MR) is 132 cm³/mol. The average molecular weight is 537 g/mol. The predicted octanol–water partition coefficient (Wildman–Crippen LogP) is 0.777. The number of nitrogens with zero attached hydrogens (tertiary/aromatic N) is 5. The number of amides is 1. The van der Waals surface area contributed by atoms with Gasteiger partial charge in [-0.15, -0.1) is 24.0 Å². The van der Waals surface area contributed by atoms with Gasteiger partial charge in [-0.05, 0) is 32.7 Å². The minimum absolute atomic E-state index is 0. The molecule has 0 saturated carbocycles. The lowest BCUT2D eigenvalue weighted by Crippen LogP contribution is -2.55. The van der Waals surface area contributed by atoms with E-state index in [2.05, 4.69) is 40.9 Å². The van der Waals surface area contributed by atoms with E-state index in [0.29, 0.717) is 5.92 Å². The van der Waals surface area contributed by atoms with E-state index in [0.717, 1.165) is 97.4 Å². The maximum absolute atomic E-state index is 12.6. The van der Waals surface area contributed by atoms with Gasteiger partial charge in [-0.25, -0.2) is 0 Å². The Morgan fingerprint density at radius 3 is 2.37 bits per heavy atom. The summed E-state index contributed by atoms with van der Waals surface area (Å²) in [4.78, 5) is 26.7. The molecule has 0 spiro atoms. The summed E-state index contributed by atoms with van der Waals surface area (Å²) in [6, 6.07) is 0. The molecule has 0 radical (unpaired) electrons. The second-order valence-electron chi connectivity index (χ2n) is 8.72. The van der Waals surface area contributed by atoms with Crippen molar-refractivity contribution in [1.29, 1.82) is 0 Å². The highest BCUT2D eigenvalue weighted by Gasteiger charge is 2.31. The summed E-state index contributed by atoms with van der Waals surface area (Å²) >= 11 is 0. The van der Waals surface area contributed by atoms with E-state index in [4.69, 9.17) is 9.73 Å². The SMILES string of the molecule is CCNC(=NCC(C)CN1CCN(C)CC1)N1CCN(C(=O)C2CCCO2)CC1.I. The van der Waals surface area contributed by atoms with Crippen molar-refractivity contribution in [3.05, 3.63) is 0 Å². The summed E-state index contributed by atoms with van der Waals surface area (Å²) in [6.07, 6.45) is 1.66. The Labute approximate surface area is 199 Å². The minimum atomic E-state index is -0.209. The van der Waals surface area contributed by atoms with Crippen LogP contribution in [0.25, 0.3) is 0 Å². The average Bonchev–Trinajstić information content (AvgIpc) is 3.27. The van der Waals surface area contributed by atoms with Crippen molar-refractivity contribution in [2.75, 3.05) is 85.6 Å². The number of hydrogen-bond donors (Lipinski definition) is 1. The Bertz CT molecular complexity index is 542. The molecule has 30 heavy (non-hydrogen) atoms. The van der Waals surface area contributed by atoms with Crippen LogP contribution in [0, 0.1) is 5.92 Å². The number of carbonyl (C=O) groups is 1. The molecule has 3 fully saturated rings. The number of carbonyl (C=O) groups excluding carboxylic acids is 1. The van der Waals surface area contributed by atoms with Gasteiger partial charge in [0, 0.05) is 78.6 Å². The lowest BCUT2D eigenvalue weighted by Gasteiger charge is -2.37. The van der Waals surface area contributed by atoms with Crippen LogP contribution in [-0.4, -0.2) is 123 Å². The zero-order valence-electron chi connectivity index (χ0n) is 19.0. The minimum Gasteiger partial charge on any atom is -0.368 e. The van der Waals surface area contributed by atoms with Crippen molar-refractivity contribution < 1.29 is 9.53 Å². The number of piperazine rings is 2. The number of nitrogens with one attached hydrogen (secondary N) is 1. The number of ether oxygens (including phenoxy) is 1. The molecule has 9 heteroatoms. The number of guanidine groups is 1. The quantitative estimate of drug-likeness (QED) is 0.308. The number of aliphatic imine (C=N–C) groups is 1. The van der Waals surface area contributed by atoms with Gasteiger partial charge in [0.2, 0.25) is 0 Å². The van der Waals surface area contributed by atoms with Crippen LogP contribution in [0.15, 0.2) is 4.99 Å². The number of likely N-dealkylation sites (N-methyl/N-ethyl adjacent to an activating group) is 1. The molecule has 0 aromatic rings. The highest BCUT2D eigenvalue weighted by atomic mass is 127. The van der Waals surface area contributed by atoms with Crippen molar-refractivity contribution in [3.8, 4) is 0 Å². The Hall–Kier alpha value is -0.650.